The molecule has 3 heterocycles. The molecule has 2 aromatic rings. The zero-order valence-electron chi connectivity index (χ0n) is 18.3. The van der Waals surface area contributed by atoms with Crippen molar-refractivity contribution in [2.24, 2.45) is 5.41 Å². The van der Waals surface area contributed by atoms with Crippen LogP contribution in [0, 0.1) is 5.41 Å². The Kier molecular flexibility index (Phi) is 6.66. The number of likely N-dealkylation sites (tertiary alicyclic amines) is 1. The minimum absolute atomic E-state index is 0.0523. The van der Waals surface area contributed by atoms with Gasteiger partial charge in [-0.25, -0.2) is 0 Å². The number of hydrogen-bond donors (Lipinski definition) is 1. The van der Waals surface area contributed by atoms with Gasteiger partial charge in [-0.2, -0.15) is 0 Å². The Balaban J connectivity index is 1.53. The normalized spacial score (nSPS) is 21.4. The third kappa shape index (κ3) is 5.50. The summed E-state index contributed by atoms with van der Waals surface area (Å²) in [6.07, 6.45) is 7.37. The van der Waals surface area contributed by atoms with Crippen molar-refractivity contribution >= 4 is 11.8 Å². The SMILES string of the molecule is CC(=O)NCCC(=O)N1Cc2ccccc2CC2(CCCN(Cc3cccnc3)C2)C1. The number of rotatable bonds is 5. The van der Waals surface area contributed by atoms with Gasteiger partial charge in [-0.1, -0.05) is 30.3 Å². The molecule has 2 amide bonds. The van der Waals surface area contributed by atoms with E-state index in [9.17, 15) is 9.59 Å². The molecule has 2 aliphatic rings. The lowest BCUT2D eigenvalue weighted by atomic mass is 9.74. The van der Waals surface area contributed by atoms with Gasteiger partial charge >= 0.3 is 0 Å². The molecular weight excluding hydrogens is 388 g/mol. The first kappa shape index (κ1) is 21.5. The predicted octanol–water partition coefficient (Wildman–Crippen LogP) is 2.77. The standard InChI is InChI=1S/C25H32N4O2/c1-20(30)27-12-9-24(31)29-17-23-8-3-2-7-22(23)14-25(19-29)10-5-13-28(18-25)16-21-6-4-11-26-15-21/h2-4,6-8,11,15H,5,9-10,12-14,16-19H2,1H3,(H,27,30). The van der Waals surface area contributed by atoms with E-state index in [2.05, 4.69) is 45.5 Å². The Morgan fingerprint density at radius 2 is 1.97 bits per heavy atom. The molecule has 6 heteroatoms. The summed E-state index contributed by atoms with van der Waals surface area (Å²) in [5.74, 6) is 0.0259. The lowest BCUT2D eigenvalue weighted by Crippen LogP contribution is -2.50. The molecule has 1 atom stereocenters. The molecule has 164 valence electrons. The van der Waals surface area contributed by atoms with Crippen molar-refractivity contribution in [2.45, 2.75) is 45.7 Å². The van der Waals surface area contributed by atoms with Crippen LogP contribution in [0.3, 0.4) is 0 Å². The molecule has 6 nitrogen and oxygen atoms in total. The number of benzene rings is 1. The molecule has 1 fully saturated rings. The molecular formula is C25H32N4O2. The number of hydrogen-bond acceptors (Lipinski definition) is 4. The Bertz CT molecular complexity index is 917. The molecule has 1 aromatic carbocycles. The van der Waals surface area contributed by atoms with Crippen LogP contribution in [0.2, 0.25) is 0 Å². The first-order valence-electron chi connectivity index (χ1n) is 11.2. The van der Waals surface area contributed by atoms with Gasteiger partial charge in [-0.15, -0.1) is 0 Å². The predicted molar refractivity (Wildman–Crippen MR) is 120 cm³/mol. The summed E-state index contributed by atoms with van der Waals surface area (Å²) in [5, 5.41) is 2.76. The number of pyridine rings is 1. The maximum absolute atomic E-state index is 13.1. The van der Waals surface area contributed by atoms with Crippen molar-refractivity contribution in [3.8, 4) is 0 Å². The molecule has 1 aromatic heterocycles. The average Bonchev–Trinajstić information content (AvgIpc) is 2.90. The van der Waals surface area contributed by atoms with Crippen LogP contribution in [0.15, 0.2) is 48.8 Å². The Morgan fingerprint density at radius 3 is 2.74 bits per heavy atom. The molecule has 0 saturated carbocycles. The number of nitrogens with one attached hydrogen (secondary N) is 1. The number of nitrogens with zero attached hydrogens (tertiary/aromatic N) is 3. The van der Waals surface area contributed by atoms with Crippen LogP contribution < -0.4 is 5.32 Å². The van der Waals surface area contributed by atoms with Crippen molar-refractivity contribution in [3.63, 3.8) is 0 Å². The fraction of sp³-hybridized carbons (Fsp3) is 0.480. The molecule has 1 saturated heterocycles. The van der Waals surface area contributed by atoms with Gasteiger partial charge in [-0.05, 0) is 48.6 Å². The highest BCUT2D eigenvalue weighted by molar-refractivity contribution is 5.78. The molecule has 1 spiro atoms. The molecule has 2 aliphatic heterocycles. The number of carbonyl (C=O) groups is 2. The lowest BCUT2D eigenvalue weighted by molar-refractivity contribution is -0.134. The zero-order chi connectivity index (χ0) is 21.7. The zero-order valence-corrected chi connectivity index (χ0v) is 18.3. The number of piperidine rings is 1. The highest BCUT2D eigenvalue weighted by atomic mass is 16.2. The van der Waals surface area contributed by atoms with Crippen LogP contribution in [0.4, 0.5) is 0 Å². The highest BCUT2D eigenvalue weighted by Gasteiger charge is 2.40. The van der Waals surface area contributed by atoms with Gasteiger partial charge in [0.05, 0.1) is 0 Å². The fourth-order valence-electron chi connectivity index (χ4n) is 5.16. The first-order valence-corrected chi connectivity index (χ1v) is 11.2. The van der Waals surface area contributed by atoms with Crippen molar-refractivity contribution in [3.05, 3.63) is 65.5 Å². The van der Waals surface area contributed by atoms with E-state index < -0.39 is 0 Å². The quantitative estimate of drug-likeness (QED) is 0.808. The molecule has 4 rings (SSSR count). The second-order valence-corrected chi connectivity index (χ2v) is 9.10. The van der Waals surface area contributed by atoms with Gasteiger partial charge < -0.3 is 10.2 Å². The first-order chi connectivity index (χ1) is 15.0. The van der Waals surface area contributed by atoms with E-state index in [4.69, 9.17) is 0 Å². The molecule has 31 heavy (non-hydrogen) atoms. The summed E-state index contributed by atoms with van der Waals surface area (Å²) in [4.78, 5) is 33.1. The maximum atomic E-state index is 13.1. The number of fused-ring (bicyclic) bond motifs is 1. The van der Waals surface area contributed by atoms with Crippen LogP contribution in [-0.4, -0.2) is 52.8 Å². The van der Waals surface area contributed by atoms with Gasteiger partial charge in [0, 0.05) is 63.9 Å². The van der Waals surface area contributed by atoms with Crippen LogP contribution in [-0.2, 0) is 29.1 Å². The Hall–Kier alpha value is -2.73. The molecule has 1 unspecified atom stereocenters. The second kappa shape index (κ2) is 9.60. The van der Waals surface area contributed by atoms with Gasteiger partial charge in [0.15, 0.2) is 0 Å². The van der Waals surface area contributed by atoms with Crippen molar-refractivity contribution in [1.82, 2.24) is 20.1 Å². The molecule has 0 bridgehead atoms. The van der Waals surface area contributed by atoms with E-state index in [-0.39, 0.29) is 17.2 Å². The van der Waals surface area contributed by atoms with Crippen molar-refractivity contribution in [1.29, 1.82) is 0 Å². The maximum Gasteiger partial charge on any atom is 0.224 e. The van der Waals surface area contributed by atoms with E-state index in [0.717, 1.165) is 45.4 Å². The van der Waals surface area contributed by atoms with Crippen molar-refractivity contribution < 1.29 is 9.59 Å². The Morgan fingerprint density at radius 1 is 1.13 bits per heavy atom. The minimum atomic E-state index is -0.0937. The summed E-state index contributed by atoms with van der Waals surface area (Å²) in [5.41, 5.74) is 3.90. The minimum Gasteiger partial charge on any atom is -0.356 e. The number of carbonyl (C=O) groups excluding carboxylic acids is 2. The van der Waals surface area contributed by atoms with Crippen molar-refractivity contribution in [2.75, 3.05) is 26.2 Å². The summed E-state index contributed by atoms with van der Waals surface area (Å²) in [6, 6.07) is 12.7. The fourth-order valence-corrected chi connectivity index (χ4v) is 5.16. The van der Waals surface area contributed by atoms with E-state index in [1.807, 2.05) is 23.4 Å². The topological polar surface area (TPSA) is 65.5 Å². The van der Waals surface area contributed by atoms with E-state index in [1.165, 1.54) is 23.6 Å². The molecule has 1 N–H and O–H groups in total. The summed E-state index contributed by atoms with van der Waals surface area (Å²) in [6.45, 7) is 6.25. The van der Waals surface area contributed by atoms with Gasteiger partial charge in [0.1, 0.15) is 0 Å². The van der Waals surface area contributed by atoms with Gasteiger partial charge in [0.25, 0.3) is 0 Å². The van der Waals surface area contributed by atoms with Crippen LogP contribution in [0.25, 0.3) is 0 Å². The number of aromatic nitrogens is 1. The third-order valence-electron chi connectivity index (χ3n) is 6.51. The van der Waals surface area contributed by atoms with Gasteiger partial charge in [-0.3, -0.25) is 19.5 Å². The summed E-state index contributed by atoms with van der Waals surface area (Å²) < 4.78 is 0. The molecule has 0 aliphatic carbocycles. The summed E-state index contributed by atoms with van der Waals surface area (Å²) in [7, 11) is 0. The van der Waals surface area contributed by atoms with E-state index >= 15 is 0 Å². The van der Waals surface area contributed by atoms with E-state index in [1.54, 1.807) is 0 Å². The summed E-state index contributed by atoms with van der Waals surface area (Å²) >= 11 is 0. The number of amides is 2. The van der Waals surface area contributed by atoms with E-state index in [0.29, 0.717) is 19.5 Å². The van der Waals surface area contributed by atoms with Crippen LogP contribution in [0.1, 0.15) is 42.9 Å². The largest absolute Gasteiger partial charge is 0.356 e. The molecule has 0 radical (unpaired) electrons. The van der Waals surface area contributed by atoms with Gasteiger partial charge in [0.2, 0.25) is 11.8 Å². The smallest absolute Gasteiger partial charge is 0.224 e. The monoisotopic (exact) mass is 420 g/mol. The lowest BCUT2D eigenvalue weighted by Gasteiger charge is -2.44. The second-order valence-electron chi connectivity index (χ2n) is 9.10. The Labute approximate surface area is 184 Å². The van der Waals surface area contributed by atoms with Crippen LogP contribution in [0.5, 0.6) is 0 Å². The third-order valence-corrected chi connectivity index (χ3v) is 6.51. The average molecular weight is 421 g/mol. The van der Waals surface area contributed by atoms with Crippen LogP contribution >= 0.6 is 0 Å². The highest BCUT2D eigenvalue weighted by Crippen LogP contribution is 2.39.